The topological polar surface area (TPSA) is 101 Å². The number of carbonyl (C=O) groups excluding carboxylic acids is 1. The van der Waals surface area contributed by atoms with Crippen molar-refractivity contribution in [2.24, 2.45) is 0 Å². The molecule has 0 aliphatic rings. The Hall–Kier alpha value is 1.11. The molecule has 6 nitrogen and oxygen atoms in total. The van der Waals surface area contributed by atoms with E-state index < -0.39 is 10.4 Å². The number of ether oxygens (including phenoxy) is 1. The number of rotatable bonds is 27. The zero-order valence-corrected chi connectivity index (χ0v) is 30.5. The normalized spacial score (nSPS) is 10.7. The van der Waals surface area contributed by atoms with Crippen molar-refractivity contribution in [2.75, 3.05) is 6.61 Å². The molecule has 0 saturated carbocycles. The van der Waals surface area contributed by atoms with Gasteiger partial charge in [-0.15, -0.1) is 0 Å². The monoisotopic (exact) mass is 600 g/mol. The maximum Gasteiger partial charge on any atom is 2.00 e. The molecule has 0 unspecified atom stereocenters. The van der Waals surface area contributed by atoms with Crippen LogP contribution in [0.25, 0.3) is 0 Å². The van der Waals surface area contributed by atoms with Crippen LogP contribution in [0.1, 0.15) is 185 Å². The summed E-state index contributed by atoms with van der Waals surface area (Å²) in [5, 5.41) is 0. The quantitative estimate of drug-likeness (QED) is 0.0455. The first-order valence-electron chi connectivity index (χ1n) is 15.7. The Morgan fingerprint density at radius 2 is 0.769 bits per heavy atom. The van der Waals surface area contributed by atoms with Gasteiger partial charge in [0.2, 0.25) is 0 Å². The van der Waals surface area contributed by atoms with Crippen LogP contribution in [0.2, 0.25) is 0 Å². The Labute approximate surface area is 285 Å². The van der Waals surface area contributed by atoms with Crippen LogP contribution in [-0.4, -0.2) is 53.2 Å². The number of esters is 1. The molecule has 0 saturated heterocycles. The number of hydrogen-bond donors (Lipinski definition) is 2. The summed E-state index contributed by atoms with van der Waals surface area (Å²) in [7, 11) is -4.67. The molecule has 0 radical (unpaired) electrons. The first-order chi connectivity index (χ1) is 17.8. The largest absolute Gasteiger partial charge is 2.00 e. The number of unbranched alkanes of at least 4 members (excludes halogenated alkanes) is 23. The van der Waals surface area contributed by atoms with Crippen LogP contribution in [0.5, 0.6) is 0 Å². The van der Waals surface area contributed by atoms with E-state index in [4.69, 9.17) is 22.3 Å². The summed E-state index contributed by atoms with van der Waals surface area (Å²) in [5.41, 5.74) is 0. The van der Waals surface area contributed by atoms with Crippen LogP contribution in [0, 0.1) is 0 Å². The van der Waals surface area contributed by atoms with E-state index in [1.54, 1.807) is 0 Å². The zero-order valence-electron chi connectivity index (χ0n) is 29.2. The van der Waals surface area contributed by atoms with Crippen LogP contribution >= 0.6 is 0 Å². The second kappa shape index (κ2) is 39.1. The summed E-state index contributed by atoms with van der Waals surface area (Å²) in [5.74, 6) is 0.0237. The number of carbonyl (C=O) groups is 1. The van der Waals surface area contributed by atoms with E-state index in [2.05, 4.69) is 13.8 Å². The first kappa shape index (κ1) is 47.0. The van der Waals surface area contributed by atoms with Crippen molar-refractivity contribution < 1.29 is 60.9 Å². The molecule has 0 bridgehead atoms. The first-order valence-corrected chi connectivity index (χ1v) is 17.1. The average Bonchev–Trinajstić information content (AvgIpc) is 2.84. The summed E-state index contributed by atoms with van der Waals surface area (Å²) in [6.45, 7) is 5.19. The van der Waals surface area contributed by atoms with Gasteiger partial charge in [0, 0.05) is 6.42 Å². The van der Waals surface area contributed by atoms with Gasteiger partial charge in [0.05, 0.1) is 6.61 Å². The fourth-order valence-electron chi connectivity index (χ4n) is 4.49. The van der Waals surface area contributed by atoms with Gasteiger partial charge in [-0.3, -0.25) is 13.9 Å². The minimum absolute atomic E-state index is 0. The molecule has 0 aromatic rings. The Kier molecular flexibility index (Phi) is 47.2. The molecule has 0 aromatic carbocycles. The molecule has 0 aliphatic carbocycles. The third-order valence-electron chi connectivity index (χ3n) is 6.75. The molecule has 2 N–H and O–H groups in total. The van der Waals surface area contributed by atoms with E-state index in [1.165, 1.54) is 148 Å². The van der Waals surface area contributed by atoms with E-state index in [1.807, 2.05) is 0 Å². The maximum absolute atomic E-state index is 11.8. The van der Waals surface area contributed by atoms with Crippen molar-refractivity contribution in [3.63, 3.8) is 0 Å². The predicted octanol–water partition coefficient (Wildman–Crippen LogP) is 7.02. The van der Waals surface area contributed by atoms with Gasteiger partial charge in [-0.2, -0.15) is 8.42 Å². The molecule has 0 aliphatic heterocycles. The SMILES string of the molecule is CCCCCCCCCCCCCCCCCC(=O)OCCCCCCCCCCCC.O=S(=O)(O)O.[H-].[H-].[H-].[Mg+2].[Na+]. The Bertz CT molecular complexity index is 571. The van der Waals surface area contributed by atoms with Gasteiger partial charge in [-0.1, -0.05) is 162 Å². The van der Waals surface area contributed by atoms with E-state index in [-0.39, 0.29) is 62.9 Å². The minimum Gasteiger partial charge on any atom is -1.00 e. The molecule has 230 valence electrons. The molecule has 0 heterocycles. The second-order valence-electron chi connectivity index (χ2n) is 10.6. The van der Waals surface area contributed by atoms with E-state index in [0.717, 1.165) is 12.8 Å². The van der Waals surface area contributed by atoms with Gasteiger partial charge in [-0.05, 0) is 12.8 Å². The fraction of sp³-hybridized carbons (Fsp3) is 0.967. The van der Waals surface area contributed by atoms with E-state index in [0.29, 0.717) is 13.0 Å². The molecule has 0 aromatic heterocycles. The van der Waals surface area contributed by atoms with E-state index in [9.17, 15) is 4.79 Å². The number of hydrogen-bond acceptors (Lipinski definition) is 4. The van der Waals surface area contributed by atoms with Gasteiger partial charge in [0.15, 0.2) is 0 Å². The molecule has 0 spiro atoms. The van der Waals surface area contributed by atoms with Gasteiger partial charge in [0.25, 0.3) is 0 Å². The molecule has 0 atom stereocenters. The summed E-state index contributed by atoms with van der Waals surface area (Å²) < 4.78 is 37.0. The van der Waals surface area contributed by atoms with Crippen molar-refractivity contribution in [3.05, 3.63) is 0 Å². The third-order valence-corrected chi connectivity index (χ3v) is 6.75. The molecule has 9 heteroatoms. The van der Waals surface area contributed by atoms with Gasteiger partial charge in [0.1, 0.15) is 0 Å². The van der Waals surface area contributed by atoms with Crippen molar-refractivity contribution in [1.82, 2.24) is 0 Å². The van der Waals surface area contributed by atoms with Gasteiger partial charge in [-0.25, -0.2) is 0 Å². The molecule has 39 heavy (non-hydrogen) atoms. The van der Waals surface area contributed by atoms with Crippen LogP contribution in [0.3, 0.4) is 0 Å². The van der Waals surface area contributed by atoms with E-state index >= 15 is 0 Å². The Balaban J connectivity index is -0.000000225. The summed E-state index contributed by atoms with van der Waals surface area (Å²) in [6.07, 6.45) is 34.2. The van der Waals surface area contributed by atoms with Gasteiger partial charge >= 0.3 is 69.0 Å². The van der Waals surface area contributed by atoms with Crippen molar-refractivity contribution >= 4 is 39.4 Å². The fourth-order valence-corrected chi connectivity index (χ4v) is 4.49. The standard InChI is InChI=1S/C30H60O2.Mg.Na.H2O4S.3H/c1-3-5-7-9-11-13-15-16-17-18-19-20-22-24-26-28-30(31)32-29-27-25-23-21-14-12-10-8-6-4-2;;;1-5(2,3)4;;;/h3-29H2,1-2H3;;;(H2,1,2,3,4);;;/q;+2;+1;;3*-1. The minimum atomic E-state index is -4.67. The summed E-state index contributed by atoms with van der Waals surface area (Å²) in [4.78, 5) is 11.8. The Morgan fingerprint density at radius 3 is 1.05 bits per heavy atom. The molecule has 0 rings (SSSR count). The third kappa shape index (κ3) is 55.6. The second-order valence-corrected chi connectivity index (χ2v) is 11.4. The average molecular weight is 601 g/mol. The zero-order chi connectivity index (χ0) is 27.9. The van der Waals surface area contributed by atoms with Gasteiger partial charge < -0.3 is 9.02 Å². The summed E-state index contributed by atoms with van der Waals surface area (Å²) in [6, 6.07) is 0. The molecular weight excluding hydrogens is 536 g/mol. The molecule has 0 amide bonds. The Morgan fingerprint density at radius 1 is 0.538 bits per heavy atom. The van der Waals surface area contributed by atoms with Crippen LogP contribution in [0.15, 0.2) is 0 Å². The van der Waals surface area contributed by atoms with Crippen LogP contribution in [-0.2, 0) is 19.9 Å². The molecule has 0 fully saturated rings. The smallest absolute Gasteiger partial charge is 1.00 e. The van der Waals surface area contributed by atoms with Crippen LogP contribution in [0.4, 0.5) is 0 Å². The van der Waals surface area contributed by atoms with Crippen molar-refractivity contribution in [2.45, 2.75) is 181 Å². The molecular formula is C30H65MgNaO6S. The maximum atomic E-state index is 11.8. The van der Waals surface area contributed by atoms with Crippen molar-refractivity contribution in [3.8, 4) is 0 Å². The summed E-state index contributed by atoms with van der Waals surface area (Å²) >= 11 is 0. The predicted molar refractivity (Wildman–Crippen MR) is 166 cm³/mol. The van der Waals surface area contributed by atoms with Crippen molar-refractivity contribution in [1.29, 1.82) is 0 Å². The van der Waals surface area contributed by atoms with Crippen LogP contribution < -0.4 is 29.6 Å².